The largest absolute Gasteiger partial charge is 0.488 e. The van der Waals surface area contributed by atoms with E-state index in [4.69, 9.17) is 9.47 Å². The van der Waals surface area contributed by atoms with Crippen molar-refractivity contribution >= 4 is 16.9 Å². The normalized spacial score (nSPS) is 16.6. The van der Waals surface area contributed by atoms with Gasteiger partial charge in [0.05, 0.1) is 13.2 Å². The molecule has 164 valence electrons. The van der Waals surface area contributed by atoms with E-state index in [9.17, 15) is 0 Å². The van der Waals surface area contributed by atoms with Crippen LogP contribution in [0.15, 0.2) is 47.6 Å². The molecule has 0 radical (unpaired) electrons. The molecule has 3 aromatic rings. The van der Waals surface area contributed by atoms with Gasteiger partial charge in [-0.1, -0.05) is 30.3 Å². The van der Waals surface area contributed by atoms with E-state index in [1.165, 1.54) is 27.6 Å². The summed E-state index contributed by atoms with van der Waals surface area (Å²) in [4.78, 5) is 7.77. The number of aromatic amines is 1. The van der Waals surface area contributed by atoms with Gasteiger partial charge in [0, 0.05) is 49.2 Å². The minimum atomic E-state index is 0.137. The van der Waals surface area contributed by atoms with E-state index in [1.54, 1.807) is 7.05 Å². The van der Waals surface area contributed by atoms with Crippen LogP contribution >= 0.6 is 0 Å². The number of benzene rings is 2. The number of para-hydroxylation sites is 1. The molecular weight excluding hydrogens is 388 g/mol. The molecule has 1 fully saturated rings. The lowest BCUT2D eigenvalue weighted by molar-refractivity contribution is 0.140. The van der Waals surface area contributed by atoms with Gasteiger partial charge >= 0.3 is 0 Å². The molecule has 0 amide bonds. The zero-order chi connectivity index (χ0) is 21.6. The van der Waals surface area contributed by atoms with Crippen LogP contribution < -0.4 is 15.4 Å². The van der Waals surface area contributed by atoms with Crippen LogP contribution in [0.3, 0.4) is 0 Å². The van der Waals surface area contributed by atoms with Crippen LogP contribution in [0.25, 0.3) is 10.9 Å². The molecule has 1 saturated heterocycles. The zero-order valence-electron chi connectivity index (χ0n) is 18.6. The first-order valence-electron chi connectivity index (χ1n) is 11.0. The van der Waals surface area contributed by atoms with E-state index in [0.29, 0.717) is 13.2 Å². The Hall–Kier alpha value is -2.99. The Balaban J connectivity index is 1.33. The third kappa shape index (κ3) is 5.20. The number of fused-ring (bicyclic) bond motifs is 1. The Morgan fingerprint density at radius 1 is 1.19 bits per heavy atom. The Labute approximate surface area is 184 Å². The number of aryl methyl sites for hydroxylation is 2. The molecule has 6 nitrogen and oxygen atoms in total. The average molecular weight is 421 g/mol. The van der Waals surface area contributed by atoms with Gasteiger partial charge in [0.1, 0.15) is 11.9 Å². The molecule has 0 aliphatic carbocycles. The standard InChI is InChI=1S/C25H32N4O2/c1-17-7-8-20(23(13-17)31-21-10-12-30-16-21)15-29-25(26-3)27-11-9-19-14-28-24-18(2)5-4-6-22(19)24/h4-8,13-14,21,28H,9-12,15-16H2,1-3H3,(H2,26,27,29). The van der Waals surface area contributed by atoms with Gasteiger partial charge in [-0.15, -0.1) is 0 Å². The number of aromatic nitrogens is 1. The number of H-pyrrole nitrogens is 1. The third-order valence-corrected chi connectivity index (χ3v) is 5.77. The van der Waals surface area contributed by atoms with Crippen molar-refractivity contribution in [2.75, 3.05) is 26.8 Å². The third-order valence-electron chi connectivity index (χ3n) is 5.77. The van der Waals surface area contributed by atoms with E-state index >= 15 is 0 Å². The van der Waals surface area contributed by atoms with Crippen molar-refractivity contribution in [3.05, 3.63) is 64.8 Å². The van der Waals surface area contributed by atoms with Crippen molar-refractivity contribution in [1.29, 1.82) is 0 Å². The van der Waals surface area contributed by atoms with Gasteiger partial charge in [0.15, 0.2) is 5.96 Å². The number of hydrogen-bond acceptors (Lipinski definition) is 3. The van der Waals surface area contributed by atoms with Crippen molar-refractivity contribution < 1.29 is 9.47 Å². The Kier molecular flexibility index (Phi) is 6.77. The molecule has 31 heavy (non-hydrogen) atoms. The second-order valence-electron chi connectivity index (χ2n) is 8.13. The maximum absolute atomic E-state index is 6.21. The molecular formula is C25H32N4O2. The van der Waals surface area contributed by atoms with Gasteiger partial charge in [0.2, 0.25) is 0 Å². The van der Waals surface area contributed by atoms with E-state index in [2.05, 4.69) is 77.1 Å². The summed E-state index contributed by atoms with van der Waals surface area (Å²) in [5, 5.41) is 8.14. The molecule has 3 N–H and O–H groups in total. The lowest BCUT2D eigenvalue weighted by Crippen LogP contribution is -2.38. The van der Waals surface area contributed by atoms with Gasteiger partial charge in [-0.25, -0.2) is 0 Å². The van der Waals surface area contributed by atoms with Gasteiger partial charge in [0.25, 0.3) is 0 Å². The molecule has 1 aromatic heterocycles. The van der Waals surface area contributed by atoms with Crippen molar-refractivity contribution in [2.24, 2.45) is 4.99 Å². The monoisotopic (exact) mass is 420 g/mol. The molecule has 2 heterocycles. The highest BCUT2D eigenvalue weighted by molar-refractivity contribution is 5.86. The molecule has 4 rings (SSSR count). The molecule has 1 aliphatic heterocycles. The van der Waals surface area contributed by atoms with E-state index in [0.717, 1.165) is 43.3 Å². The van der Waals surface area contributed by atoms with Gasteiger partial charge in [-0.3, -0.25) is 4.99 Å². The van der Waals surface area contributed by atoms with Crippen LogP contribution in [-0.2, 0) is 17.7 Å². The quantitative estimate of drug-likeness (QED) is 0.401. The maximum atomic E-state index is 6.21. The fourth-order valence-corrected chi connectivity index (χ4v) is 3.99. The summed E-state index contributed by atoms with van der Waals surface area (Å²) in [7, 11) is 1.80. The minimum absolute atomic E-state index is 0.137. The highest BCUT2D eigenvalue weighted by Crippen LogP contribution is 2.24. The van der Waals surface area contributed by atoms with Gasteiger partial charge < -0.3 is 25.1 Å². The van der Waals surface area contributed by atoms with Crippen molar-refractivity contribution in [1.82, 2.24) is 15.6 Å². The molecule has 1 unspecified atom stereocenters. The van der Waals surface area contributed by atoms with Crippen molar-refractivity contribution in [2.45, 2.75) is 39.3 Å². The average Bonchev–Trinajstić information content (AvgIpc) is 3.42. The predicted octanol–water partition coefficient (Wildman–Crippen LogP) is 3.86. The zero-order valence-corrected chi connectivity index (χ0v) is 18.6. The van der Waals surface area contributed by atoms with Crippen LogP contribution in [0.5, 0.6) is 5.75 Å². The summed E-state index contributed by atoms with van der Waals surface area (Å²) in [6.45, 7) is 7.11. The van der Waals surface area contributed by atoms with E-state index in [1.807, 2.05) is 0 Å². The summed E-state index contributed by atoms with van der Waals surface area (Å²) >= 11 is 0. The van der Waals surface area contributed by atoms with Crippen LogP contribution in [0, 0.1) is 13.8 Å². The molecule has 0 saturated carbocycles. The topological polar surface area (TPSA) is 70.7 Å². The highest BCUT2D eigenvalue weighted by Gasteiger charge is 2.18. The fraction of sp³-hybridized carbons (Fsp3) is 0.400. The smallest absolute Gasteiger partial charge is 0.191 e. The molecule has 6 heteroatoms. The summed E-state index contributed by atoms with van der Waals surface area (Å²) in [6.07, 6.45) is 4.11. The highest BCUT2D eigenvalue weighted by atomic mass is 16.5. The SMILES string of the molecule is CN=C(NCCc1c[nH]c2c(C)cccc12)NCc1ccc(C)cc1OC1CCOC1. The first-order valence-corrected chi connectivity index (χ1v) is 11.0. The first-order chi connectivity index (χ1) is 15.1. The summed E-state index contributed by atoms with van der Waals surface area (Å²) in [5.74, 6) is 1.71. The van der Waals surface area contributed by atoms with Gasteiger partial charge in [-0.2, -0.15) is 0 Å². The van der Waals surface area contributed by atoms with Crippen LogP contribution in [0.1, 0.15) is 28.7 Å². The van der Waals surface area contributed by atoms with Crippen LogP contribution in [-0.4, -0.2) is 43.9 Å². The Morgan fingerprint density at radius 3 is 2.90 bits per heavy atom. The maximum Gasteiger partial charge on any atom is 0.191 e. The van der Waals surface area contributed by atoms with E-state index < -0.39 is 0 Å². The molecule has 1 aliphatic rings. The molecule has 0 bridgehead atoms. The number of aliphatic imine (C=N–C) groups is 1. The lowest BCUT2D eigenvalue weighted by Gasteiger charge is -2.18. The Bertz CT molecular complexity index is 1050. The summed E-state index contributed by atoms with van der Waals surface area (Å²) in [5.41, 5.74) is 6.12. The fourth-order valence-electron chi connectivity index (χ4n) is 3.99. The number of rotatable bonds is 7. The van der Waals surface area contributed by atoms with Gasteiger partial charge in [-0.05, 0) is 43.0 Å². The summed E-state index contributed by atoms with van der Waals surface area (Å²) < 4.78 is 11.7. The summed E-state index contributed by atoms with van der Waals surface area (Å²) in [6, 6.07) is 12.8. The Morgan fingerprint density at radius 2 is 2.10 bits per heavy atom. The number of nitrogens with zero attached hydrogens (tertiary/aromatic N) is 1. The number of guanidine groups is 1. The first kappa shape index (κ1) is 21.2. The van der Waals surface area contributed by atoms with Crippen molar-refractivity contribution in [3.8, 4) is 5.75 Å². The number of hydrogen-bond donors (Lipinski definition) is 3. The second-order valence-corrected chi connectivity index (χ2v) is 8.13. The number of nitrogens with one attached hydrogen (secondary N) is 3. The molecule has 2 aromatic carbocycles. The number of ether oxygens (including phenoxy) is 2. The van der Waals surface area contributed by atoms with Crippen molar-refractivity contribution in [3.63, 3.8) is 0 Å². The predicted molar refractivity (Wildman–Crippen MR) is 126 cm³/mol. The minimum Gasteiger partial charge on any atom is -0.488 e. The van der Waals surface area contributed by atoms with Crippen LogP contribution in [0.4, 0.5) is 0 Å². The van der Waals surface area contributed by atoms with Crippen LogP contribution in [0.2, 0.25) is 0 Å². The second kappa shape index (κ2) is 9.88. The molecule has 1 atom stereocenters. The van der Waals surface area contributed by atoms with E-state index in [-0.39, 0.29) is 6.10 Å². The lowest BCUT2D eigenvalue weighted by atomic mass is 10.1. The molecule has 0 spiro atoms.